The van der Waals surface area contributed by atoms with E-state index in [0.29, 0.717) is 29.3 Å². The zero-order chi connectivity index (χ0) is 16.3. The fourth-order valence-electron chi connectivity index (χ4n) is 2.79. The Morgan fingerprint density at radius 1 is 1.36 bits per heavy atom. The van der Waals surface area contributed by atoms with Crippen molar-refractivity contribution in [3.8, 4) is 0 Å². The van der Waals surface area contributed by atoms with Gasteiger partial charge in [0.05, 0.1) is 5.92 Å². The van der Waals surface area contributed by atoms with Gasteiger partial charge in [-0.3, -0.25) is 9.59 Å². The van der Waals surface area contributed by atoms with Crippen LogP contribution in [0.2, 0.25) is 10.0 Å². The first-order valence-corrected chi connectivity index (χ1v) is 8.09. The van der Waals surface area contributed by atoms with E-state index >= 15 is 0 Å². The van der Waals surface area contributed by atoms with Crippen molar-refractivity contribution in [2.45, 2.75) is 38.6 Å². The van der Waals surface area contributed by atoms with Gasteiger partial charge in [0.1, 0.15) is 0 Å². The minimum atomic E-state index is -0.780. The summed E-state index contributed by atoms with van der Waals surface area (Å²) in [5, 5.41) is 13.0. The molecule has 2 rings (SSSR count). The second-order valence-electron chi connectivity index (χ2n) is 5.89. The first-order valence-electron chi connectivity index (χ1n) is 7.34. The van der Waals surface area contributed by atoms with Crippen LogP contribution in [0.25, 0.3) is 0 Å². The first kappa shape index (κ1) is 17.1. The Hall–Kier alpha value is -1.26. The van der Waals surface area contributed by atoms with E-state index in [-0.39, 0.29) is 23.8 Å². The number of rotatable bonds is 5. The average molecular weight is 344 g/mol. The van der Waals surface area contributed by atoms with Crippen molar-refractivity contribution >= 4 is 35.1 Å². The van der Waals surface area contributed by atoms with Gasteiger partial charge in [0.25, 0.3) is 0 Å². The molecule has 1 aliphatic rings. The molecular weight excluding hydrogens is 325 g/mol. The van der Waals surface area contributed by atoms with Crippen molar-refractivity contribution in [3.05, 3.63) is 33.8 Å². The molecule has 1 fully saturated rings. The lowest BCUT2D eigenvalue weighted by Crippen LogP contribution is -2.37. The SMILES string of the molecule is CC(Cc1ccc(Cl)cc1Cl)C(=O)N[C@H]1CC[C@@H](C(=O)O)C1. The molecule has 0 heterocycles. The van der Waals surface area contributed by atoms with Crippen molar-refractivity contribution in [3.63, 3.8) is 0 Å². The van der Waals surface area contributed by atoms with Gasteiger partial charge in [-0.05, 0) is 43.4 Å². The normalized spacial score (nSPS) is 22.3. The summed E-state index contributed by atoms with van der Waals surface area (Å²) in [5.74, 6) is -1.42. The zero-order valence-electron chi connectivity index (χ0n) is 12.3. The number of hydrogen-bond acceptors (Lipinski definition) is 2. The minimum Gasteiger partial charge on any atom is -0.481 e. The fourth-order valence-corrected chi connectivity index (χ4v) is 3.28. The van der Waals surface area contributed by atoms with Gasteiger partial charge in [-0.2, -0.15) is 0 Å². The van der Waals surface area contributed by atoms with E-state index < -0.39 is 5.97 Å². The largest absolute Gasteiger partial charge is 0.481 e. The molecule has 4 nitrogen and oxygen atoms in total. The number of carbonyl (C=O) groups excluding carboxylic acids is 1. The lowest BCUT2D eigenvalue weighted by atomic mass is 9.99. The standard InChI is InChI=1S/C16H19Cl2NO3/c1-9(6-10-2-4-12(17)8-14(10)18)15(20)19-13-5-3-11(7-13)16(21)22/h2,4,8-9,11,13H,3,5-7H2,1H3,(H,19,20)(H,21,22)/t9?,11-,13+/m1/s1. The molecule has 0 radical (unpaired) electrons. The van der Waals surface area contributed by atoms with Gasteiger partial charge in [0.15, 0.2) is 0 Å². The van der Waals surface area contributed by atoms with E-state index in [0.717, 1.165) is 12.0 Å². The highest BCUT2D eigenvalue weighted by atomic mass is 35.5. The summed E-state index contributed by atoms with van der Waals surface area (Å²) >= 11 is 12.0. The van der Waals surface area contributed by atoms with Gasteiger partial charge in [-0.15, -0.1) is 0 Å². The van der Waals surface area contributed by atoms with Gasteiger partial charge >= 0.3 is 5.97 Å². The Balaban J connectivity index is 1.88. The Bertz CT molecular complexity index is 577. The van der Waals surface area contributed by atoms with Crippen molar-refractivity contribution in [2.24, 2.45) is 11.8 Å². The third-order valence-electron chi connectivity index (χ3n) is 4.12. The number of amides is 1. The van der Waals surface area contributed by atoms with Crippen molar-refractivity contribution in [2.75, 3.05) is 0 Å². The molecule has 0 saturated heterocycles. The van der Waals surface area contributed by atoms with Crippen LogP contribution < -0.4 is 5.32 Å². The lowest BCUT2D eigenvalue weighted by Gasteiger charge is -2.17. The number of hydrogen-bond donors (Lipinski definition) is 2. The molecule has 22 heavy (non-hydrogen) atoms. The summed E-state index contributed by atoms with van der Waals surface area (Å²) < 4.78 is 0. The van der Waals surface area contributed by atoms with Crippen LogP contribution in [0.4, 0.5) is 0 Å². The molecule has 1 aromatic rings. The van der Waals surface area contributed by atoms with E-state index in [2.05, 4.69) is 5.32 Å². The Morgan fingerprint density at radius 3 is 2.68 bits per heavy atom. The smallest absolute Gasteiger partial charge is 0.306 e. The van der Waals surface area contributed by atoms with E-state index in [1.807, 2.05) is 13.0 Å². The summed E-state index contributed by atoms with van der Waals surface area (Å²) in [4.78, 5) is 23.2. The van der Waals surface area contributed by atoms with Crippen LogP contribution in [0.3, 0.4) is 0 Å². The molecule has 6 heteroatoms. The molecule has 1 amide bonds. The van der Waals surface area contributed by atoms with Gasteiger partial charge in [-0.25, -0.2) is 0 Å². The molecule has 1 aromatic carbocycles. The minimum absolute atomic E-state index is 0.0447. The molecule has 2 N–H and O–H groups in total. The third kappa shape index (κ3) is 4.37. The predicted octanol–water partition coefficient (Wildman–Crippen LogP) is 3.54. The number of benzene rings is 1. The first-order chi connectivity index (χ1) is 10.4. The Kier molecular flexibility index (Phi) is 5.70. The lowest BCUT2D eigenvalue weighted by molar-refractivity contribution is -0.141. The van der Waals surface area contributed by atoms with Gasteiger partial charge in [0.2, 0.25) is 5.91 Å². The number of carboxylic acid groups (broad SMARTS) is 1. The molecule has 3 atom stereocenters. The molecule has 0 spiro atoms. The highest BCUT2D eigenvalue weighted by molar-refractivity contribution is 6.35. The van der Waals surface area contributed by atoms with Crippen LogP contribution in [0.5, 0.6) is 0 Å². The van der Waals surface area contributed by atoms with E-state index in [1.165, 1.54) is 0 Å². The number of carboxylic acids is 1. The molecule has 120 valence electrons. The fraction of sp³-hybridized carbons (Fsp3) is 0.500. The number of aliphatic carboxylic acids is 1. The molecule has 0 bridgehead atoms. The highest BCUT2D eigenvalue weighted by Crippen LogP contribution is 2.27. The number of carbonyl (C=O) groups is 2. The van der Waals surface area contributed by atoms with Crippen LogP contribution >= 0.6 is 23.2 Å². The Morgan fingerprint density at radius 2 is 2.09 bits per heavy atom. The molecule has 1 saturated carbocycles. The number of halogens is 2. The molecule has 1 aliphatic carbocycles. The second-order valence-corrected chi connectivity index (χ2v) is 6.74. The monoisotopic (exact) mass is 343 g/mol. The van der Waals surface area contributed by atoms with Crippen LogP contribution in [-0.4, -0.2) is 23.0 Å². The summed E-state index contributed by atoms with van der Waals surface area (Å²) in [5.41, 5.74) is 0.878. The zero-order valence-corrected chi connectivity index (χ0v) is 13.8. The maximum absolute atomic E-state index is 12.2. The quantitative estimate of drug-likeness (QED) is 0.859. The van der Waals surface area contributed by atoms with Gasteiger partial charge < -0.3 is 10.4 Å². The number of nitrogens with one attached hydrogen (secondary N) is 1. The topological polar surface area (TPSA) is 66.4 Å². The third-order valence-corrected chi connectivity index (χ3v) is 4.70. The maximum atomic E-state index is 12.2. The summed E-state index contributed by atoms with van der Waals surface area (Å²) in [7, 11) is 0. The van der Waals surface area contributed by atoms with Crippen LogP contribution in [0.15, 0.2) is 18.2 Å². The average Bonchev–Trinajstić information content (AvgIpc) is 2.90. The Labute approximate surface area is 139 Å². The summed E-state index contributed by atoms with van der Waals surface area (Å²) in [6, 6.07) is 5.20. The van der Waals surface area contributed by atoms with Crippen molar-refractivity contribution in [1.29, 1.82) is 0 Å². The van der Waals surface area contributed by atoms with E-state index in [1.54, 1.807) is 12.1 Å². The summed E-state index contributed by atoms with van der Waals surface area (Å²) in [6.45, 7) is 1.84. The molecule has 1 unspecified atom stereocenters. The van der Waals surface area contributed by atoms with Crippen molar-refractivity contribution in [1.82, 2.24) is 5.32 Å². The van der Waals surface area contributed by atoms with Gasteiger partial charge in [-0.1, -0.05) is 36.2 Å². The maximum Gasteiger partial charge on any atom is 0.306 e. The van der Waals surface area contributed by atoms with E-state index in [4.69, 9.17) is 28.3 Å². The predicted molar refractivity (Wildman–Crippen MR) is 86.2 cm³/mol. The molecule has 0 aliphatic heterocycles. The van der Waals surface area contributed by atoms with Gasteiger partial charge in [0, 0.05) is 22.0 Å². The second kappa shape index (κ2) is 7.34. The van der Waals surface area contributed by atoms with E-state index in [9.17, 15) is 9.59 Å². The molecular formula is C16H19Cl2NO3. The van der Waals surface area contributed by atoms with Crippen LogP contribution in [0.1, 0.15) is 31.7 Å². The summed E-state index contributed by atoms with van der Waals surface area (Å²) in [6.07, 6.45) is 2.38. The van der Waals surface area contributed by atoms with Crippen molar-refractivity contribution < 1.29 is 14.7 Å². The van der Waals surface area contributed by atoms with Crippen LogP contribution in [0, 0.1) is 11.8 Å². The highest BCUT2D eigenvalue weighted by Gasteiger charge is 2.31. The van der Waals surface area contributed by atoms with Crippen LogP contribution in [-0.2, 0) is 16.0 Å². The molecule has 0 aromatic heterocycles.